The van der Waals surface area contributed by atoms with E-state index in [-0.39, 0.29) is 5.69 Å². The van der Waals surface area contributed by atoms with Crippen LogP contribution in [-0.4, -0.2) is 31.1 Å². The molecule has 2 heterocycles. The van der Waals surface area contributed by atoms with Crippen LogP contribution >= 0.6 is 0 Å². The van der Waals surface area contributed by atoms with Gasteiger partial charge in [-0.05, 0) is 24.3 Å². The number of carboxylic acids is 1. The molecule has 3 rings (SSSR count). The third-order valence-corrected chi connectivity index (χ3v) is 2.83. The summed E-state index contributed by atoms with van der Waals surface area (Å²) in [6, 6.07) is 12.7. The van der Waals surface area contributed by atoms with Gasteiger partial charge in [-0.25, -0.2) is 9.48 Å². The first kappa shape index (κ1) is 12.0. The van der Waals surface area contributed by atoms with E-state index in [1.807, 2.05) is 30.3 Å². The van der Waals surface area contributed by atoms with Crippen LogP contribution in [0.3, 0.4) is 0 Å². The normalized spacial score (nSPS) is 10.4. The molecule has 1 N–H and O–H groups in total. The Morgan fingerprint density at radius 2 is 1.75 bits per heavy atom. The zero-order valence-corrected chi connectivity index (χ0v) is 10.3. The molecule has 0 saturated heterocycles. The maximum atomic E-state index is 11.3. The predicted molar refractivity (Wildman–Crippen MR) is 71.5 cm³/mol. The summed E-state index contributed by atoms with van der Waals surface area (Å²) >= 11 is 0. The van der Waals surface area contributed by atoms with Crippen LogP contribution in [0.25, 0.3) is 16.9 Å². The standard InChI is InChI=1S/C14H10N4O2/c19-14(20)12-13(10-6-8-15-9-7-10)18(17-16-12)11-4-2-1-3-5-11/h1-9H,(H,19,20). The summed E-state index contributed by atoms with van der Waals surface area (Å²) in [5, 5.41) is 17.0. The summed E-state index contributed by atoms with van der Waals surface area (Å²) < 4.78 is 1.51. The van der Waals surface area contributed by atoms with E-state index in [1.54, 1.807) is 24.5 Å². The highest BCUT2D eigenvalue weighted by atomic mass is 16.4. The highest BCUT2D eigenvalue weighted by molar-refractivity contribution is 5.93. The Labute approximate surface area is 114 Å². The van der Waals surface area contributed by atoms with Crippen molar-refractivity contribution in [2.45, 2.75) is 0 Å². The second-order valence-corrected chi connectivity index (χ2v) is 4.08. The summed E-state index contributed by atoms with van der Waals surface area (Å²) in [5.41, 5.74) is 1.80. The maximum Gasteiger partial charge on any atom is 0.358 e. The zero-order chi connectivity index (χ0) is 13.9. The third kappa shape index (κ3) is 2.03. The lowest BCUT2D eigenvalue weighted by molar-refractivity contribution is 0.0691. The molecule has 0 aliphatic heterocycles. The number of pyridine rings is 1. The number of carboxylic acid groups (broad SMARTS) is 1. The van der Waals surface area contributed by atoms with Crippen LogP contribution in [-0.2, 0) is 0 Å². The van der Waals surface area contributed by atoms with Crippen LogP contribution in [0, 0.1) is 0 Å². The number of para-hydroxylation sites is 1. The van der Waals surface area contributed by atoms with Gasteiger partial charge >= 0.3 is 5.97 Å². The molecule has 6 heteroatoms. The van der Waals surface area contributed by atoms with Crippen molar-refractivity contribution in [1.82, 2.24) is 20.0 Å². The predicted octanol–water partition coefficient (Wildman–Crippen LogP) is 2.03. The number of nitrogens with zero attached hydrogens (tertiary/aromatic N) is 4. The molecular weight excluding hydrogens is 256 g/mol. The van der Waals surface area contributed by atoms with Gasteiger partial charge in [0.15, 0.2) is 5.69 Å². The quantitative estimate of drug-likeness (QED) is 0.784. The van der Waals surface area contributed by atoms with E-state index in [0.717, 1.165) is 5.69 Å². The molecule has 0 spiro atoms. The number of rotatable bonds is 3. The molecule has 98 valence electrons. The van der Waals surface area contributed by atoms with E-state index >= 15 is 0 Å². The van der Waals surface area contributed by atoms with Crippen molar-refractivity contribution in [2.24, 2.45) is 0 Å². The van der Waals surface area contributed by atoms with Crippen LogP contribution in [0.1, 0.15) is 10.5 Å². The van der Waals surface area contributed by atoms with Gasteiger partial charge in [0.2, 0.25) is 0 Å². The number of hydrogen-bond donors (Lipinski definition) is 1. The molecule has 0 atom stereocenters. The fraction of sp³-hybridized carbons (Fsp3) is 0. The SMILES string of the molecule is O=C(O)c1nnn(-c2ccccc2)c1-c1ccncc1. The van der Waals surface area contributed by atoms with Crippen molar-refractivity contribution < 1.29 is 9.90 Å². The lowest BCUT2D eigenvalue weighted by Gasteiger charge is -2.06. The molecule has 2 aromatic heterocycles. The van der Waals surface area contributed by atoms with Gasteiger partial charge in [0.25, 0.3) is 0 Å². The summed E-state index contributed by atoms with van der Waals surface area (Å²) in [6.45, 7) is 0. The largest absolute Gasteiger partial charge is 0.476 e. The monoisotopic (exact) mass is 266 g/mol. The summed E-state index contributed by atoms with van der Waals surface area (Å²) in [4.78, 5) is 15.2. The smallest absolute Gasteiger partial charge is 0.358 e. The van der Waals surface area contributed by atoms with Crippen LogP contribution in [0.5, 0.6) is 0 Å². The highest BCUT2D eigenvalue weighted by Crippen LogP contribution is 2.24. The first-order valence-electron chi connectivity index (χ1n) is 5.92. The van der Waals surface area contributed by atoms with E-state index in [4.69, 9.17) is 0 Å². The third-order valence-electron chi connectivity index (χ3n) is 2.83. The fourth-order valence-corrected chi connectivity index (χ4v) is 1.94. The number of aromatic nitrogens is 4. The first-order valence-corrected chi connectivity index (χ1v) is 5.92. The number of carbonyl (C=O) groups is 1. The Hall–Kier alpha value is -3.02. The molecule has 0 aliphatic carbocycles. The summed E-state index contributed by atoms with van der Waals surface area (Å²) in [7, 11) is 0. The van der Waals surface area contributed by atoms with Crippen LogP contribution in [0.2, 0.25) is 0 Å². The van der Waals surface area contributed by atoms with Crippen LogP contribution in [0.4, 0.5) is 0 Å². The van der Waals surface area contributed by atoms with Crippen molar-refractivity contribution in [2.75, 3.05) is 0 Å². The minimum Gasteiger partial charge on any atom is -0.476 e. The van der Waals surface area contributed by atoms with Crippen molar-refractivity contribution in [1.29, 1.82) is 0 Å². The van der Waals surface area contributed by atoms with Gasteiger partial charge in [-0.2, -0.15) is 0 Å². The van der Waals surface area contributed by atoms with Gasteiger partial charge in [0.1, 0.15) is 5.69 Å². The second kappa shape index (κ2) is 4.93. The lowest BCUT2D eigenvalue weighted by Crippen LogP contribution is -2.03. The molecule has 0 radical (unpaired) electrons. The molecule has 0 fully saturated rings. The molecule has 3 aromatic rings. The van der Waals surface area contributed by atoms with E-state index in [0.29, 0.717) is 11.3 Å². The number of aromatic carboxylic acids is 1. The van der Waals surface area contributed by atoms with Gasteiger partial charge in [-0.3, -0.25) is 4.98 Å². The minimum absolute atomic E-state index is 0.0833. The Morgan fingerprint density at radius 1 is 1.05 bits per heavy atom. The van der Waals surface area contributed by atoms with Gasteiger partial charge in [0.05, 0.1) is 5.69 Å². The minimum atomic E-state index is -1.11. The lowest BCUT2D eigenvalue weighted by atomic mass is 10.1. The molecule has 0 bridgehead atoms. The summed E-state index contributed by atoms with van der Waals surface area (Å²) in [5.74, 6) is -1.11. The maximum absolute atomic E-state index is 11.3. The Morgan fingerprint density at radius 3 is 2.40 bits per heavy atom. The Balaban J connectivity index is 2.25. The van der Waals surface area contributed by atoms with Crippen LogP contribution in [0.15, 0.2) is 54.9 Å². The van der Waals surface area contributed by atoms with E-state index in [9.17, 15) is 9.90 Å². The molecule has 6 nitrogen and oxygen atoms in total. The van der Waals surface area contributed by atoms with Crippen molar-refractivity contribution in [3.63, 3.8) is 0 Å². The highest BCUT2D eigenvalue weighted by Gasteiger charge is 2.21. The van der Waals surface area contributed by atoms with Crippen molar-refractivity contribution in [3.05, 3.63) is 60.6 Å². The molecule has 0 amide bonds. The van der Waals surface area contributed by atoms with Gasteiger partial charge < -0.3 is 5.11 Å². The van der Waals surface area contributed by atoms with Crippen molar-refractivity contribution >= 4 is 5.97 Å². The molecule has 0 aliphatic rings. The second-order valence-electron chi connectivity index (χ2n) is 4.08. The topological polar surface area (TPSA) is 80.9 Å². The Kier molecular flexibility index (Phi) is 2.96. The molecule has 0 saturated carbocycles. The summed E-state index contributed by atoms with van der Waals surface area (Å²) in [6.07, 6.45) is 3.20. The first-order chi connectivity index (χ1) is 9.77. The van der Waals surface area contributed by atoms with E-state index in [1.165, 1.54) is 4.68 Å². The fourth-order valence-electron chi connectivity index (χ4n) is 1.94. The Bertz CT molecular complexity index is 738. The number of hydrogen-bond acceptors (Lipinski definition) is 4. The van der Waals surface area contributed by atoms with Gasteiger partial charge in [-0.1, -0.05) is 23.4 Å². The average Bonchev–Trinajstić information content (AvgIpc) is 2.94. The van der Waals surface area contributed by atoms with Crippen molar-refractivity contribution in [3.8, 4) is 16.9 Å². The van der Waals surface area contributed by atoms with Gasteiger partial charge in [-0.15, -0.1) is 5.10 Å². The van der Waals surface area contributed by atoms with Gasteiger partial charge in [0, 0.05) is 18.0 Å². The van der Waals surface area contributed by atoms with E-state index in [2.05, 4.69) is 15.3 Å². The molecule has 1 aromatic carbocycles. The zero-order valence-electron chi connectivity index (χ0n) is 10.3. The van der Waals surface area contributed by atoms with E-state index < -0.39 is 5.97 Å². The molecule has 20 heavy (non-hydrogen) atoms. The average molecular weight is 266 g/mol. The van der Waals surface area contributed by atoms with Crippen LogP contribution < -0.4 is 0 Å². The molecular formula is C14H10N4O2. The molecule has 0 unspecified atom stereocenters. The number of benzene rings is 1.